The molecule has 0 fully saturated rings. The Morgan fingerprint density at radius 2 is 1.81 bits per heavy atom. The van der Waals surface area contributed by atoms with Crippen LogP contribution in [0.15, 0.2) is 66.1 Å². The van der Waals surface area contributed by atoms with Crippen molar-refractivity contribution in [3.8, 4) is 0 Å². The van der Waals surface area contributed by atoms with E-state index in [0.29, 0.717) is 5.56 Å². The van der Waals surface area contributed by atoms with Gasteiger partial charge in [0.05, 0.1) is 5.56 Å². The Hall–Kier alpha value is -2.65. The fourth-order valence-electron chi connectivity index (χ4n) is 3.76. The van der Waals surface area contributed by atoms with Crippen LogP contribution in [0, 0.1) is 0 Å². The molecule has 0 spiro atoms. The molecule has 1 aliphatic rings. The van der Waals surface area contributed by atoms with Gasteiger partial charge in [0.15, 0.2) is 0 Å². The van der Waals surface area contributed by atoms with Crippen LogP contribution in [0.2, 0.25) is 0 Å². The number of benzene rings is 2. The average molecular weight is 375 g/mol. The van der Waals surface area contributed by atoms with E-state index in [1.54, 1.807) is 23.5 Å². The Balaban J connectivity index is 1.70. The van der Waals surface area contributed by atoms with E-state index < -0.39 is 5.97 Å². The van der Waals surface area contributed by atoms with Crippen LogP contribution in [-0.2, 0) is 11.8 Å². The zero-order valence-electron chi connectivity index (χ0n) is 15.5. The van der Waals surface area contributed by atoms with E-state index >= 15 is 0 Å². The molecule has 136 valence electrons. The van der Waals surface area contributed by atoms with E-state index in [9.17, 15) is 4.79 Å². The molecule has 27 heavy (non-hydrogen) atoms. The summed E-state index contributed by atoms with van der Waals surface area (Å²) in [5.74, 6) is -0.886. The molecular weight excluding hydrogens is 352 g/mol. The van der Waals surface area contributed by atoms with Gasteiger partial charge in [-0.3, -0.25) is 0 Å². The summed E-state index contributed by atoms with van der Waals surface area (Å²) in [5, 5.41) is 11.2. The first-order valence-electron chi connectivity index (χ1n) is 9.14. The second-order valence-corrected chi connectivity index (χ2v) is 8.69. The molecule has 1 aliphatic carbocycles. The lowest BCUT2D eigenvalue weighted by Gasteiger charge is -2.32. The molecule has 3 heteroatoms. The molecule has 0 saturated carbocycles. The number of thiophene rings is 1. The Morgan fingerprint density at radius 3 is 2.48 bits per heavy atom. The molecule has 0 atom stereocenters. The molecule has 2 nitrogen and oxygen atoms in total. The number of fused-ring (bicyclic) bond motifs is 1. The lowest BCUT2D eigenvalue weighted by molar-refractivity contribution is 0.0697. The molecule has 0 saturated heterocycles. The predicted molar refractivity (Wildman–Crippen MR) is 112 cm³/mol. The van der Waals surface area contributed by atoms with Gasteiger partial charge in [-0.05, 0) is 69.7 Å². The molecule has 2 aromatic carbocycles. The van der Waals surface area contributed by atoms with Crippen LogP contribution >= 0.6 is 11.3 Å². The minimum atomic E-state index is -0.886. The van der Waals surface area contributed by atoms with Crippen molar-refractivity contribution < 1.29 is 9.90 Å². The quantitative estimate of drug-likeness (QED) is 0.595. The molecule has 1 N–H and O–H groups in total. The number of hydrogen-bond donors (Lipinski definition) is 1. The van der Waals surface area contributed by atoms with Crippen LogP contribution in [-0.4, -0.2) is 11.1 Å². The van der Waals surface area contributed by atoms with Gasteiger partial charge in [0.2, 0.25) is 0 Å². The normalized spacial score (nSPS) is 15.1. The number of carboxylic acid groups (broad SMARTS) is 1. The second kappa shape index (κ2) is 6.82. The van der Waals surface area contributed by atoms with Gasteiger partial charge in [-0.2, -0.15) is 0 Å². The zero-order chi connectivity index (χ0) is 19.0. The van der Waals surface area contributed by atoms with Crippen LogP contribution in [0.4, 0.5) is 0 Å². The number of rotatable bonds is 4. The van der Waals surface area contributed by atoms with Crippen molar-refractivity contribution in [3.05, 3.63) is 98.7 Å². The van der Waals surface area contributed by atoms with Gasteiger partial charge < -0.3 is 5.11 Å². The summed E-state index contributed by atoms with van der Waals surface area (Å²) >= 11 is 1.78. The summed E-state index contributed by atoms with van der Waals surface area (Å²) in [6, 6.07) is 18.3. The van der Waals surface area contributed by atoms with E-state index in [-0.39, 0.29) is 5.41 Å². The highest BCUT2D eigenvalue weighted by molar-refractivity contribution is 7.11. The molecule has 0 unspecified atom stereocenters. The van der Waals surface area contributed by atoms with Crippen molar-refractivity contribution >= 4 is 22.9 Å². The summed E-state index contributed by atoms with van der Waals surface area (Å²) in [4.78, 5) is 12.3. The summed E-state index contributed by atoms with van der Waals surface area (Å²) < 4.78 is 0. The molecule has 0 amide bonds. The van der Waals surface area contributed by atoms with Crippen LogP contribution in [0.3, 0.4) is 0 Å². The molecular formula is C24H22O2S. The molecule has 1 aromatic heterocycles. The first-order valence-corrected chi connectivity index (χ1v) is 10.0. The Morgan fingerprint density at radius 1 is 1.07 bits per heavy atom. The lowest BCUT2D eigenvalue weighted by atomic mass is 9.72. The van der Waals surface area contributed by atoms with E-state index in [0.717, 1.165) is 18.4 Å². The number of carbonyl (C=O) groups is 1. The van der Waals surface area contributed by atoms with E-state index in [1.165, 1.54) is 27.1 Å². The van der Waals surface area contributed by atoms with Crippen molar-refractivity contribution in [2.24, 2.45) is 0 Å². The van der Waals surface area contributed by atoms with Gasteiger partial charge in [0.25, 0.3) is 0 Å². The van der Waals surface area contributed by atoms with Gasteiger partial charge >= 0.3 is 5.97 Å². The van der Waals surface area contributed by atoms with Crippen LogP contribution in [0.1, 0.15) is 57.8 Å². The molecule has 3 aromatic rings. The SMILES string of the molecule is CC1(C)CC=C(c2cccs2)c2cc(Cc3ccc(C(=O)O)cc3)ccc21. The number of carboxylic acids is 1. The summed E-state index contributed by atoms with van der Waals surface area (Å²) in [5.41, 5.74) is 6.90. The Bertz CT molecular complexity index is 1010. The van der Waals surface area contributed by atoms with Gasteiger partial charge in [0, 0.05) is 4.88 Å². The zero-order valence-corrected chi connectivity index (χ0v) is 16.3. The molecule has 0 bridgehead atoms. The standard InChI is InChI=1S/C24H22O2S/c1-24(2)12-11-19(22-4-3-13-27-22)20-15-17(7-10-21(20)24)14-16-5-8-18(9-6-16)23(25)26/h3-11,13,15H,12,14H2,1-2H3,(H,25,26). The maximum atomic E-state index is 11.0. The van der Waals surface area contributed by atoms with Gasteiger partial charge in [-0.25, -0.2) is 4.79 Å². The van der Waals surface area contributed by atoms with E-state index in [1.807, 2.05) is 12.1 Å². The fourth-order valence-corrected chi connectivity index (χ4v) is 4.54. The summed E-state index contributed by atoms with van der Waals surface area (Å²) in [6.07, 6.45) is 4.22. The van der Waals surface area contributed by atoms with Crippen molar-refractivity contribution in [1.82, 2.24) is 0 Å². The predicted octanol–water partition coefficient (Wildman–Crippen LogP) is 6.15. The van der Waals surface area contributed by atoms with Crippen molar-refractivity contribution in [2.45, 2.75) is 32.1 Å². The average Bonchev–Trinajstić information content (AvgIpc) is 3.16. The van der Waals surface area contributed by atoms with E-state index in [2.05, 4.69) is 55.6 Å². The maximum absolute atomic E-state index is 11.0. The fraction of sp³-hybridized carbons (Fsp3) is 0.208. The molecule has 0 radical (unpaired) electrons. The number of allylic oxidation sites excluding steroid dienone is 1. The minimum absolute atomic E-state index is 0.137. The highest BCUT2D eigenvalue weighted by Gasteiger charge is 2.28. The Kier molecular flexibility index (Phi) is 4.48. The van der Waals surface area contributed by atoms with Crippen LogP contribution in [0.5, 0.6) is 0 Å². The smallest absolute Gasteiger partial charge is 0.335 e. The number of hydrogen-bond acceptors (Lipinski definition) is 2. The lowest BCUT2D eigenvalue weighted by Crippen LogP contribution is -2.21. The first kappa shape index (κ1) is 17.7. The molecule has 1 heterocycles. The Labute approximate surface area is 163 Å². The van der Waals surface area contributed by atoms with E-state index in [4.69, 9.17) is 5.11 Å². The molecule has 4 rings (SSSR count). The third-order valence-electron chi connectivity index (χ3n) is 5.32. The number of aromatic carboxylic acids is 1. The topological polar surface area (TPSA) is 37.3 Å². The monoisotopic (exact) mass is 374 g/mol. The van der Waals surface area contributed by atoms with Crippen LogP contribution < -0.4 is 0 Å². The summed E-state index contributed by atoms with van der Waals surface area (Å²) in [6.45, 7) is 4.61. The highest BCUT2D eigenvalue weighted by Crippen LogP contribution is 2.42. The summed E-state index contributed by atoms with van der Waals surface area (Å²) in [7, 11) is 0. The largest absolute Gasteiger partial charge is 0.478 e. The first-order chi connectivity index (χ1) is 12.9. The van der Waals surface area contributed by atoms with Crippen LogP contribution in [0.25, 0.3) is 5.57 Å². The second-order valence-electron chi connectivity index (χ2n) is 7.74. The highest BCUT2D eigenvalue weighted by atomic mass is 32.1. The van der Waals surface area contributed by atoms with Gasteiger partial charge in [-0.15, -0.1) is 11.3 Å². The third kappa shape index (κ3) is 3.47. The van der Waals surface area contributed by atoms with Gasteiger partial charge in [0.1, 0.15) is 0 Å². The van der Waals surface area contributed by atoms with Gasteiger partial charge in [-0.1, -0.05) is 56.3 Å². The minimum Gasteiger partial charge on any atom is -0.478 e. The molecule has 0 aliphatic heterocycles. The van der Waals surface area contributed by atoms with Crippen molar-refractivity contribution in [3.63, 3.8) is 0 Å². The van der Waals surface area contributed by atoms with Crippen molar-refractivity contribution in [2.75, 3.05) is 0 Å². The van der Waals surface area contributed by atoms with Crippen molar-refractivity contribution in [1.29, 1.82) is 0 Å². The maximum Gasteiger partial charge on any atom is 0.335 e. The third-order valence-corrected chi connectivity index (χ3v) is 6.22.